The SMILES string of the molecule is C=CCN(CCC)C(=O)C1(CCC)CCCN1. The molecular weight excluding hydrogens is 212 g/mol. The third-order valence-electron chi connectivity index (χ3n) is 3.46. The van der Waals surface area contributed by atoms with Gasteiger partial charge in [-0.3, -0.25) is 4.79 Å². The molecule has 3 heteroatoms. The molecule has 1 heterocycles. The lowest BCUT2D eigenvalue weighted by atomic mass is 9.90. The molecule has 98 valence electrons. The largest absolute Gasteiger partial charge is 0.337 e. The molecule has 0 aliphatic carbocycles. The molecule has 1 rings (SSSR count). The molecule has 0 aromatic rings. The van der Waals surface area contributed by atoms with Crippen molar-refractivity contribution in [2.24, 2.45) is 0 Å². The minimum Gasteiger partial charge on any atom is -0.337 e. The summed E-state index contributed by atoms with van der Waals surface area (Å²) in [5.41, 5.74) is -0.285. The van der Waals surface area contributed by atoms with Crippen LogP contribution in [0.1, 0.15) is 46.0 Å². The van der Waals surface area contributed by atoms with E-state index in [-0.39, 0.29) is 11.4 Å². The van der Waals surface area contributed by atoms with Crippen LogP contribution in [0, 0.1) is 0 Å². The maximum absolute atomic E-state index is 12.7. The molecule has 3 nitrogen and oxygen atoms in total. The molecule has 0 aromatic carbocycles. The molecule has 1 aliphatic rings. The summed E-state index contributed by atoms with van der Waals surface area (Å²) in [6, 6.07) is 0. The highest BCUT2D eigenvalue weighted by Crippen LogP contribution is 2.27. The number of nitrogens with zero attached hydrogens (tertiary/aromatic N) is 1. The molecule has 1 unspecified atom stereocenters. The Morgan fingerprint density at radius 3 is 2.71 bits per heavy atom. The van der Waals surface area contributed by atoms with Crippen molar-refractivity contribution in [3.8, 4) is 0 Å². The van der Waals surface area contributed by atoms with E-state index in [0.717, 1.165) is 45.2 Å². The summed E-state index contributed by atoms with van der Waals surface area (Å²) in [4.78, 5) is 14.6. The lowest BCUT2D eigenvalue weighted by molar-refractivity contribution is -0.137. The molecule has 1 amide bonds. The second-order valence-corrected chi connectivity index (χ2v) is 4.90. The van der Waals surface area contributed by atoms with E-state index in [1.165, 1.54) is 0 Å². The normalized spacial score (nSPS) is 23.6. The summed E-state index contributed by atoms with van der Waals surface area (Å²) in [5.74, 6) is 0.276. The van der Waals surface area contributed by atoms with Gasteiger partial charge in [0, 0.05) is 13.1 Å². The molecule has 1 fully saturated rings. The van der Waals surface area contributed by atoms with E-state index in [9.17, 15) is 4.79 Å². The minimum absolute atomic E-state index is 0.276. The Hall–Kier alpha value is -0.830. The zero-order valence-corrected chi connectivity index (χ0v) is 11.3. The van der Waals surface area contributed by atoms with Gasteiger partial charge in [0.2, 0.25) is 5.91 Å². The molecule has 0 saturated carbocycles. The topological polar surface area (TPSA) is 32.3 Å². The van der Waals surface area contributed by atoms with Gasteiger partial charge in [0.25, 0.3) is 0 Å². The maximum Gasteiger partial charge on any atom is 0.243 e. The van der Waals surface area contributed by atoms with Crippen LogP contribution in [-0.2, 0) is 4.79 Å². The summed E-state index contributed by atoms with van der Waals surface area (Å²) in [6.07, 6.45) is 6.91. The van der Waals surface area contributed by atoms with Gasteiger partial charge in [0.15, 0.2) is 0 Å². The summed E-state index contributed by atoms with van der Waals surface area (Å²) < 4.78 is 0. The average Bonchev–Trinajstić information content (AvgIpc) is 2.78. The summed E-state index contributed by atoms with van der Waals surface area (Å²) in [5, 5.41) is 3.44. The first-order valence-electron chi connectivity index (χ1n) is 6.85. The molecular formula is C14H26N2O. The van der Waals surface area contributed by atoms with E-state index in [0.29, 0.717) is 6.54 Å². The first kappa shape index (κ1) is 14.2. The van der Waals surface area contributed by atoms with Gasteiger partial charge in [-0.15, -0.1) is 6.58 Å². The summed E-state index contributed by atoms with van der Waals surface area (Å²) in [6.45, 7) is 10.5. The zero-order valence-electron chi connectivity index (χ0n) is 11.3. The number of carbonyl (C=O) groups excluding carboxylic acids is 1. The van der Waals surface area contributed by atoms with Crippen molar-refractivity contribution >= 4 is 5.91 Å². The van der Waals surface area contributed by atoms with Crippen molar-refractivity contribution in [3.63, 3.8) is 0 Å². The van der Waals surface area contributed by atoms with Gasteiger partial charge >= 0.3 is 0 Å². The van der Waals surface area contributed by atoms with Crippen LogP contribution in [0.3, 0.4) is 0 Å². The first-order chi connectivity index (χ1) is 8.20. The molecule has 1 saturated heterocycles. The number of hydrogen-bond acceptors (Lipinski definition) is 2. The lowest BCUT2D eigenvalue weighted by Crippen LogP contribution is -2.55. The van der Waals surface area contributed by atoms with Crippen LogP contribution < -0.4 is 5.32 Å². The van der Waals surface area contributed by atoms with E-state index in [2.05, 4.69) is 25.7 Å². The van der Waals surface area contributed by atoms with E-state index >= 15 is 0 Å². The van der Waals surface area contributed by atoms with Crippen LogP contribution >= 0.6 is 0 Å². The van der Waals surface area contributed by atoms with Gasteiger partial charge < -0.3 is 10.2 Å². The number of nitrogens with one attached hydrogen (secondary N) is 1. The molecule has 0 radical (unpaired) electrons. The van der Waals surface area contributed by atoms with Crippen molar-refractivity contribution in [2.75, 3.05) is 19.6 Å². The summed E-state index contributed by atoms with van der Waals surface area (Å²) in [7, 11) is 0. The number of hydrogen-bond donors (Lipinski definition) is 1. The Bertz CT molecular complexity index is 257. The quantitative estimate of drug-likeness (QED) is 0.690. The van der Waals surface area contributed by atoms with Gasteiger partial charge in [-0.1, -0.05) is 26.3 Å². The second-order valence-electron chi connectivity index (χ2n) is 4.90. The predicted molar refractivity (Wildman–Crippen MR) is 71.9 cm³/mol. The number of amides is 1. The third kappa shape index (κ3) is 3.32. The van der Waals surface area contributed by atoms with Crippen LogP contribution in [0.4, 0.5) is 0 Å². The maximum atomic E-state index is 12.7. The van der Waals surface area contributed by atoms with Crippen LogP contribution in [0.15, 0.2) is 12.7 Å². The summed E-state index contributed by atoms with van der Waals surface area (Å²) >= 11 is 0. The van der Waals surface area contributed by atoms with Crippen molar-refractivity contribution in [2.45, 2.75) is 51.5 Å². The van der Waals surface area contributed by atoms with Gasteiger partial charge in [-0.2, -0.15) is 0 Å². The smallest absolute Gasteiger partial charge is 0.243 e. The average molecular weight is 238 g/mol. The fourth-order valence-corrected chi connectivity index (χ4v) is 2.74. The molecule has 17 heavy (non-hydrogen) atoms. The van der Waals surface area contributed by atoms with E-state index in [1.807, 2.05) is 11.0 Å². The first-order valence-corrected chi connectivity index (χ1v) is 6.85. The molecule has 0 aromatic heterocycles. The van der Waals surface area contributed by atoms with Crippen LogP contribution in [-0.4, -0.2) is 36.0 Å². The fourth-order valence-electron chi connectivity index (χ4n) is 2.74. The highest BCUT2D eigenvalue weighted by molar-refractivity contribution is 5.87. The molecule has 1 atom stereocenters. The van der Waals surface area contributed by atoms with E-state index in [1.54, 1.807) is 0 Å². The molecule has 1 aliphatic heterocycles. The van der Waals surface area contributed by atoms with Crippen molar-refractivity contribution in [3.05, 3.63) is 12.7 Å². The molecule has 0 bridgehead atoms. The van der Waals surface area contributed by atoms with Crippen molar-refractivity contribution < 1.29 is 4.79 Å². The number of rotatable bonds is 7. The Balaban J connectivity index is 2.77. The highest BCUT2D eigenvalue weighted by atomic mass is 16.2. The second kappa shape index (κ2) is 6.80. The van der Waals surface area contributed by atoms with Gasteiger partial charge in [0.1, 0.15) is 0 Å². The van der Waals surface area contributed by atoms with E-state index < -0.39 is 0 Å². The Morgan fingerprint density at radius 1 is 1.47 bits per heavy atom. The monoisotopic (exact) mass is 238 g/mol. The fraction of sp³-hybridized carbons (Fsp3) is 0.786. The Labute approximate surface area is 105 Å². The Morgan fingerprint density at radius 2 is 2.24 bits per heavy atom. The van der Waals surface area contributed by atoms with Gasteiger partial charge in [-0.25, -0.2) is 0 Å². The van der Waals surface area contributed by atoms with Crippen LogP contribution in [0.2, 0.25) is 0 Å². The molecule has 1 N–H and O–H groups in total. The van der Waals surface area contributed by atoms with Crippen LogP contribution in [0.5, 0.6) is 0 Å². The lowest BCUT2D eigenvalue weighted by Gasteiger charge is -2.34. The predicted octanol–water partition coefficient (Wildman–Crippen LogP) is 2.33. The minimum atomic E-state index is -0.285. The van der Waals surface area contributed by atoms with E-state index in [4.69, 9.17) is 0 Å². The molecule has 0 spiro atoms. The standard InChI is InChI=1S/C14H26N2O/c1-4-8-14(9-7-10-15-14)13(17)16(11-5-2)12-6-3/h5,15H,2,4,6-12H2,1,3H3. The van der Waals surface area contributed by atoms with Crippen LogP contribution in [0.25, 0.3) is 0 Å². The zero-order chi connectivity index (χ0) is 12.7. The van der Waals surface area contributed by atoms with Crippen molar-refractivity contribution in [1.29, 1.82) is 0 Å². The Kier molecular flexibility index (Phi) is 5.69. The third-order valence-corrected chi connectivity index (χ3v) is 3.46. The highest BCUT2D eigenvalue weighted by Gasteiger charge is 2.41. The van der Waals surface area contributed by atoms with Crippen molar-refractivity contribution in [1.82, 2.24) is 10.2 Å². The van der Waals surface area contributed by atoms with Gasteiger partial charge in [0.05, 0.1) is 5.54 Å². The number of carbonyl (C=O) groups is 1. The van der Waals surface area contributed by atoms with Gasteiger partial charge in [-0.05, 0) is 32.2 Å².